The van der Waals surface area contributed by atoms with E-state index in [1.807, 2.05) is 30.3 Å². The topological polar surface area (TPSA) is 75.6 Å². The average molecular weight is 516 g/mol. The summed E-state index contributed by atoms with van der Waals surface area (Å²) >= 11 is 0. The Morgan fingerprint density at radius 1 is 1.00 bits per heavy atom. The SMILES string of the molecule is CC(C)(CCCc1ccccc1)NC[C@@H](OC(=O)C(F)(F)F)c1cc(CCCC(=O)O)cc(F)c1F. The second-order valence-corrected chi connectivity index (χ2v) is 9.22. The smallest absolute Gasteiger partial charge is 0.481 e. The van der Waals surface area contributed by atoms with E-state index < -0.39 is 53.5 Å². The van der Waals surface area contributed by atoms with Crippen molar-refractivity contribution in [3.63, 3.8) is 0 Å². The Kier molecular flexibility index (Phi) is 10.4. The number of aliphatic carboxylic acids is 1. The molecule has 1 atom stereocenters. The van der Waals surface area contributed by atoms with Gasteiger partial charge in [0.05, 0.1) is 0 Å². The van der Waals surface area contributed by atoms with Crippen molar-refractivity contribution in [3.8, 4) is 0 Å². The van der Waals surface area contributed by atoms with Gasteiger partial charge in [0.1, 0.15) is 6.10 Å². The summed E-state index contributed by atoms with van der Waals surface area (Å²) in [6, 6.07) is 11.7. The van der Waals surface area contributed by atoms with Gasteiger partial charge in [0, 0.05) is 24.1 Å². The minimum atomic E-state index is -5.32. The van der Waals surface area contributed by atoms with E-state index in [9.17, 15) is 31.5 Å². The van der Waals surface area contributed by atoms with Crippen LogP contribution in [0.25, 0.3) is 0 Å². The number of carboxylic acids is 1. The number of rotatable bonds is 13. The molecule has 0 bridgehead atoms. The number of carboxylic acid groups (broad SMARTS) is 1. The molecular formula is C26H30F5NO4. The molecule has 198 valence electrons. The molecule has 2 N–H and O–H groups in total. The molecule has 0 aliphatic heterocycles. The Balaban J connectivity index is 2.18. The van der Waals surface area contributed by atoms with E-state index in [0.717, 1.165) is 30.5 Å². The maximum absolute atomic E-state index is 14.7. The number of hydrogen-bond acceptors (Lipinski definition) is 4. The highest BCUT2D eigenvalue weighted by Crippen LogP contribution is 2.29. The fraction of sp³-hybridized carbons (Fsp3) is 0.462. The van der Waals surface area contributed by atoms with Crippen LogP contribution in [0.3, 0.4) is 0 Å². The first kappa shape index (κ1) is 29.2. The molecule has 0 spiro atoms. The van der Waals surface area contributed by atoms with Crippen molar-refractivity contribution in [3.05, 3.63) is 70.8 Å². The number of carbonyl (C=O) groups excluding carboxylic acids is 1. The minimum absolute atomic E-state index is 0.0504. The van der Waals surface area contributed by atoms with E-state index in [2.05, 4.69) is 10.1 Å². The third-order valence-corrected chi connectivity index (χ3v) is 5.68. The third kappa shape index (κ3) is 9.56. The first-order chi connectivity index (χ1) is 16.8. The highest BCUT2D eigenvalue weighted by molar-refractivity contribution is 5.76. The third-order valence-electron chi connectivity index (χ3n) is 5.68. The predicted octanol–water partition coefficient (Wildman–Crippen LogP) is 5.91. The van der Waals surface area contributed by atoms with Crippen LogP contribution in [0, 0.1) is 11.6 Å². The van der Waals surface area contributed by atoms with E-state index in [1.54, 1.807) is 13.8 Å². The Morgan fingerprint density at radius 3 is 2.25 bits per heavy atom. The van der Waals surface area contributed by atoms with E-state index in [1.165, 1.54) is 0 Å². The summed E-state index contributed by atoms with van der Waals surface area (Å²) in [7, 11) is 0. The normalized spacial score (nSPS) is 12.9. The zero-order valence-electron chi connectivity index (χ0n) is 20.1. The molecule has 0 aliphatic carbocycles. The lowest BCUT2D eigenvalue weighted by atomic mass is 9.94. The van der Waals surface area contributed by atoms with Crippen LogP contribution in [-0.2, 0) is 27.2 Å². The van der Waals surface area contributed by atoms with Crippen LogP contribution in [0.15, 0.2) is 42.5 Å². The van der Waals surface area contributed by atoms with Crippen LogP contribution in [0.4, 0.5) is 22.0 Å². The maximum Gasteiger partial charge on any atom is 0.490 e. The summed E-state index contributed by atoms with van der Waals surface area (Å²) in [5.74, 6) is -6.35. The van der Waals surface area contributed by atoms with E-state index in [4.69, 9.17) is 5.11 Å². The summed E-state index contributed by atoms with van der Waals surface area (Å²) < 4.78 is 72.3. The van der Waals surface area contributed by atoms with Gasteiger partial charge < -0.3 is 15.2 Å². The standard InChI is InChI=1S/C26H30F5NO4/c1-25(2,13-7-11-17-8-4-3-5-9-17)32-16-21(36-24(35)26(29,30)31)19-14-18(10-6-12-22(33)34)15-20(27)23(19)28/h3-5,8-9,14-15,21,32H,6-7,10-13,16H2,1-2H3,(H,33,34)/t21-/m1/s1. The molecule has 2 aromatic carbocycles. The molecule has 10 heteroatoms. The molecule has 0 radical (unpaired) electrons. The van der Waals surface area contributed by atoms with Crippen molar-refractivity contribution >= 4 is 11.9 Å². The number of benzene rings is 2. The Labute approximate surface area is 206 Å². The van der Waals surface area contributed by atoms with Gasteiger partial charge in [-0.3, -0.25) is 4.79 Å². The van der Waals surface area contributed by atoms with Gasteiger partial charge in [0.2, 0.25) is 0 Å². The van der Waals surface area contributed by atoms with Crippen molar-refractivity contribution in [2.24, 2.45) is 0 Å². The summed E-state index contributed by atoms with van der Waals surface area (Å²) in [5, 5.41) is 11.8. The number of hydrogen-bond donors (Lipinski definition) is 2. The van der Waals surface area contributed by atoms with Crippen molar-refractivity contribution in [2.45, 2.75) is 70.2 Å². The van der Waals surface area contributed by atoms with Gasteiger partial charge in [-0.05, 0) is 69.2 Å². The summed E-state index contributed by atoms with van der Waals surface area (Å²) in [5.41, 5.74) is 0.139. The molecule has 2 aromatic rings. The van der Waals surface area contributed by atoms with E-state index in [-0.39, 0.29) is 24.8 Å². The number of alkyl halides is 3. The monoisotopic (exact) mass is 515 g/mol. The minimum Gasteiger partial charge on any atom is -0.481 e. The highest BCUT2D eigenvalue weighted by atomic mass is 19.4. The average Bonchev–Trinajstić information content (AvgIpc) is 2.78. The van der Waals surface area contributed by atoms with Crippen LogP contribution in [0.1, 0.15) is 62.3 Å². The summed E-state index contributed by atoms with van der Waals surface area (Å²) in [4.78, 5) is 22.3. The first-order valence-electron chi connectivity index (χ1n) is 11.5. The number of ether oxygens (including phenoxy) is 1. The Morgan fingerprint density at radius 2 is 1.64 bits per heavy atom. The molecule has 0 fully saturated rings. The predicted molar refractivity (Wildman–Crippen MR) is 123 cm³/mol. The van der Waals surface area contributed by atoms with Crippen LogP contribution in [0.5, 0.6) is 0 Å². The molecule has 0 aromatic heterocycles. The molecule has 0 saturated carbocycles. The molecule has 2 rings (SSSR count). The summed E-state index contributed by atoms with van der Waals surface area (Å²) in [6.07, 6.45) is -5.02. The fourth-order valence-electron chi connectivity index (χ4n) is 3.74. The number of carbonyl (C=O) groups is 2. The second kappa shape index (κ2) is 12.8. The maximum atomic E-state index is 14.7. The molecule has 36 heavy (non-hydrogen) atoms. The zero-order chi connectivity index (χ0) is 26.9. The van der Waals surface area contributed by atoms with Crippen molar-refractivity contribution < 1.29 is 41.4 Å². The molecule has 0 aliphatic rings. The Hall–Kier alpha value is -3.01. The molecular weight excluding hydrogens is 485 g/mol. The largest absolute Gasteiger partial charge is 0.490 e. The van der Waals surface area contributed by atoms with Crippen molar-refractivity contribution in [2.75, 3.05) is 6.54 Å². The fourth-order valence-corrected chi connectivity index (χ4v) is 3.74. The summed E-state index contributed by atoms with van der Waals surface area (Å²) in [6.45, 7) is 3.22. The van der Waals surface area contributed by atoms with Crippen LogP contribution in [-0.4, -0.2) is 35.3 Å². The van der Waals surface area contributed by atoms with Crippen LogP contribution in [0.2, 0.25) is 0 Å². The zero-order valence-corrected chi connectivity index (χ0v) is 20.1. The van der Waals surface area contributed by atoms with Gasteiger partial charge in [-0.15, -0.1) is 0 Å². The van der Waals surface area contributed by atoms with Gasteiger partial charge in [0.15, 0.2) is 11.6 Å². The number of nitrogens with one attached hydrogen (secondary N) is 1. The highest BCUT2D eigenvalue weighted by Gasteiger charge is 2.43. The lowest BCUT2D eigenvalue weighted by Gasteiger charge is -2.30. The van der Waals surface area contributed by atoms with Gasteiger partial charge >= 0.3 is 18.1 Å². The van der Waals surface area contributed by atoms with E-state index in [0.29, 0.717) is 6.42 Å². The number of aryl methyl sites for hydroxylation is 2. The molecule has 0 amide bonds. The number of halogens is 5. The first-order valence-corrected chi connectivity index (χ1v) is 11.5. The molecule has 5 nitrogen and oxygen atoms in total. The molecule has 0 saturated heterocycles. The van der Waals surface area contributed by atoms with Crippen LogP contribution < -0.4 is 5.32 Å². The van der Waals surface area contributed by atoms with Crippen molar-refractivity contribution in [1.29, 1.82) is 0 Å². The van der Waals surface area contributed by atoms with Gasteiger partial charge in [0.25, 0.3) is 0 Å². The number of esters is 1. The lowest BCUT2D eigenvalue weighted by molar-refractivity contribution is -0.205. The van der Waals surface area contributed by atoms with Crippen molar-refractivity contribution in [1.82, 2.24) is 5.32 Å². The lowest BCUT2D eigenvalue weighted by Crippen LogP contribution is -2.43. The molecule has 0 heterocycles. The Bertz CT molecular complexity index is 1020. The quantitative estimate of drug-likeness (QED) is 0.256. The van der Waals surface area contributed by atoms with Gasteiger partial charge in [-0.2, -0.15) is 13.2 Å². The van der Waals surface area contributed by atoms with Gasteiger partial charge in [-0.25, -0.2) is 13.6 Å². The molecule has 0 unspecified atom stereocenters. The van der Waals surface area contributed by atoms with E-state index >= 15 is 0 Å². The van der Waals surface area contributed by atoms with Crippen LogP contribution >= 0.6 is 0 Å². The second-order valence-electron chi connectivity index (χ2n) is 9.22. The van der Waals surface area contributed by atoms with Gasteiger partial charge in [-0.1, -0.05) is 30.3 Å².